The van der Waals surface area contributed by atoms with E-state index in [1.54, 1.807) is 0 Å². The SMILES string of the molecule is CC(NCc1cccc(Cl)c1)c1ccc(N2CCC(O)CC2)cc1. The number of nitrogens with zero attached hydrogens (tertiary/aromatic N) is 1. The van der Waals surface area contributed by atoms with Crippen molar-refractivity contribution in [3.8, 4) is 0 Å². The minimum Gasteiger partial charge on any atom is -0.393 e. The largest absolute Gasteiger partial charge is 0.393 e. The van der Waals surface area contributed by atoms with Crippen LogP contribution in [0.5, 0.6) is 0 Å². The first-order valence-corrected chi connectivity index (χ1v) is 9.00. The van der Waals surface area contributed by atoms with Crippen LogP contribution in [0.4, 0.5) is 5.69 Å². The molecule has 1 aliphatic heterocycles. The second-order valence-corrected chi connectivity index (χ2v) is 6.98. The summed E-state index contributed by atoms with van der Waals surface area (Å²) < 4.78 is 0. The molecule has 2 N–H and O–H groups in total. The third-order valence-corrected chi connectivity index (χ3v) is 4.96. The van der Waals surface area contributed by atoms with E-state index in [-0.39, 0.29) is 12.1 Å². The normalized spacial score (nSPS) is 17.0. The molecule has 2 aromatic rings. The van der Waals surface area contributed by atoms with Crippen LogP contribution in [0, 0.1) is 0 Å². The molecular formula is C20H25ClN2O. The van der Waals surface area contributed by atoms with Crippen molar-refractivity contribution in [3.63, 3.8) is 0 Å². The van der Waals surface area contributed by atoms with Crippen molar-refractivity contribution in [1.82, 2.24) is 5.32 Å². The number of benzene rings is 2. The van der Waals surface area contributed by atoms with Gasteiger partial charge in [-0.3, -0.25) is 0 Å². The zero-order valence-electron chi connectivity index (χ0n) is 14.1. The summed E-state index contributed by atoms with van der Waals surface area (Å²) in [6, 6.07) is 17.0. The smallest absolute Gasteiger partial charge is 0.0574 e. The molecule has 24 heavy (non-hydrogen) atoms. The highest BCUT2D eigenvalue weighted by molar-refractivity contribution is 6.30. The van der Waals surface area contributed by atoms with Crippen LogP contribution in [0.15, 0.2) is 48.5 Å². The number of halogens is 1. The van der Waals surface area contributed by atoms with Crippen LogP contribution in [0.25, 0.3) is 0 Å². The fourth-order valence-electron chi connectivity index (χ4n) is 3.13. The first kappa shape index (κ1) is 17.3. The molecule has 0 spiro atoms. The molecule has 0 bridgehead atoms. The van der Waals surface area contributed by atoms with E-state index in [1.165, 1.54) is 16.8 Å². The Labute approximate surface area is 149 Å². The highest BCUT2D eigenvalue weighted by Gasteiger charge is 2.17. The van der Waals surface area contributed by atoms with E-state index in [0.29, 0.717) is 0 Å². The van der Waals surface area contributed by atoms with Crippen LogP contribution < -0.4 is 10.2 Å². The lowest BCUT2D eigenvalue weighted by atomic mass is 10.0. The Balaban J connectivity index is 1.56. The van der Waals surface area contributed by atoms with Crippen LogP contribution >= 0.6 is 11.6 Å². The maximum absolute atomic E-state index is 9.62. The number of aliphatic hydroxyl groups excluding tert-OH is 1. The summed E-state index contributed by atoms with van der Waals surface area (Å²) in [5, 5.41) is 13.9. The summed E-state index contributed by atoms with van der Waals surface area (Å²) in [4.78, 5) is 2.35. The maximum atomic E-state index is 9.62. The van der Waals surface area contributed by atoms with E-state index in [9.17, 15) is 5.11 Å². The second-order valence-electron chi connectivity index (χ2n) is 6.54. The Morgan fingerprint density at radius 3 is 2.54 bits per heavy atom. The van der Waals surface area contributed by atoms with Crippen molar-refractivity contribution in [2.24, 2.45) is 0 Å². The van der Waals surface area contributed by atoms with Gasteiger partial charge < -0.3 is 15.3 Å². The average Bonchev–Trinajstić information content (AvgIpc) is 2.61. The van der Waals surface area contributed by atoms with Crippen LogP contribution in [0.2, 0.25) is 5.02 Å². The number of piperidine rings is 1. The van der Waals surface area contributed by atoms with E-state index < -0.39 is 0 Å². The molecule has 0 aromatic heterocycles. The molecule has 1 atom stereocenters. The Hall–Kier alpha value is -1.55. The number of hydrogen-bond donors (Lipinski definition) is 2. The van der Waals surface area contributed by atoms with Gasteiger partial charge in [0.05, 0.1) is 6.10 Å². The molecule has 1 unspecified atom stereocenters. The van der Waals surface area contributed by atoms with Gasteiger partial charge in [0.25, 0.3) is 0 Å². The highest BCUT2D eigenvalue weighted by atomic mass is 35.5. The fourth-order valence-corrected chi connectivity index (χ4v) is 3.35. The van der Waals surface area contributed by atoms with Gasteiger partial charge in [0.1, 0.15) is 0 Å². The molecule has 1 fully saturated rings. The van der Waals surface area contributed by atoms with Gasteiger partial charge in [0, 0.05) is 36.4 Å². The second kappa shape index (κ2) is 8.02. The van der Waals surface area contributed by atoms with E-state index >= 15 is 0 Å². The van der Waals surface area contributed by atoms with Gasteiger partial charge in [-0.05, 0) is 55.2 Å². The minimum atomic E-state index is -0.128. The van der Waals surface area contributed by atoms with Gasteiger partial charge in [-0.25, -0.2) is 0 Å². The first-order chi connectivity index (χ1) is 11.6. The van der Waals surface area contributed by atoms with Crippen LogP contribution in [0.3, 0.4) is 0 Å². The van der Waals surface area contributed by atoms with Crippen LogP contribution in [0.1, 0.15) is 36.9 Å². The third-order valence-electron chi connectivity index (χ3n) is 4.72. The molecule has 1 saturated heterocycles. The Kier molecular flexibility index (Phi) is 5.77. The summed E-state index contributed by atoms with van der Waals surface area (Å²) in [5.74, 6) is 0. The van der Waals surface area contributed by atoms with Crippen molar-refractivity contribution >= 4 is 17.3 Å². The summed E-state index contributed by atoms with van der Waals surface area (Å²) >= 11 is 6.03. The molecule has 4 heteroatoms. The zero-order chi connectivity index (χ0) is 16.9. The summed E-state index contributed by atoms with van der Waals surface area (Å²) in [5.41, 5.74) is 3.71. The molecule has 0 aliphatic carbocycles. The van der Waals surface area contributed by atoms with E-state index in [2.05, 4.69) is 47.5 Å². The molecule has 128 valence electrons. The molecule has 0 saturated carbocycles. The molecule has 1 heterocycles. The molecular weight excluding hydrogens is 320 g/mol. The van der Waals surface area contributed by atoms with Crippen molar-refractivity contribution in [3.05, 3.63) is 64.7 Å². The lowest BCUT2D eigenvalue weighted by molar-refractivity contribution is 0.145. The van der Waals surface area contributed by atoms with Gasteiger partial charge >= 0.3 is 0 Å². The van der Waals surface area contributed by atoms with Crippen molar-refractivity contribution in [1.29, 1.82) is 0 Å². The van der Waals surface area contributed by atoms with Gasteiger partial charge in [-0.15, -0.1) is 0 Å². The van der Waals surface area contributed by atoms with Gasteiger partial charge in [0.15, 0.2) is 0 Å². The number of aliphatic hydroxyl groups is 1. The number of nitrogens with one attached hydrogen (secondary N) is 1. The maximum Gasteiger partial charge on any atom is 0.0574 e. The number of rotatable bonds is 5. The summed E-state index contributed by atoms with van der Waals surface area (Å²) in [6.07, 6.45) is 1.59. The van der Waals surface area contributed by atoms with Crippen LogP contribution in [-0.2, 0) is 6.54 Å². The van der Waals surface area contributed by atoms with Gasteiger partial charge in [-0.2, -0.15) is 0 Å². The Bertz CT molecular complexity index is 651. The first-order valence-electron chi connectivity index (χ1n) is 8.62. The standard InChI is InChI=1S/C20H25ClN2O/c1-15(22-14-16-3-2-4-18(21)13-16)17-5-7-19(8-6-17)23-11-9-20(24)10-12-23/h2-8,13,15,20,22,24H,9-12,14H2,1H3. The zero-order valence-corrected chi connectivity index (χ0v) is 14.8. The van der Waals surface area contributed by atoms with E-state index in [0.717, 1.165) is 37.5 Å². The fraction of sp³-hybridized carbons (Fsp3) is 0.400. The van der Waals surface area contributed by atoms with Gasteiger partial charge in [-0.1, -0.05) is 35.9 Å². The Morgan fingerprint density at radius 2 is 1.88 bits per heavy atom. The highest BCUT2D eigenvalue weighted by Crippen LogP contribution is 2.23. The lowest BCUT2D eigenvalue weighted by Gasteiger charge is -2.31. The lowest BCUT2D eigenvalue weighted by Crippen LogP contribution is -2.35. The monoisotopic (exact) mass is 344 g/mol. The number of anilines is 1. The predicted octanol–water partition coefficient (Wildman–Crippen LogP) is 4.15. The molecule has 2 aromatic carbocycles. The summed E-state index contributed by atoms with van der Waals surface area (Å²) in [7, 11) is 0. The molecule has 1 aliphatic rings. The van der Waals surface area contributed by atoms with Crippen LogP contribution in [-0.4, -0.2) is 24.3 Å². The van der Waals surface area contributed by atoms with Crippen molar-refractivity contribution < 1.29 is 5.11 Å². The predicted molar refractivity (Wildman–Crippen MR) is 101 cm³/mol. The minimum absolute atomic E-state index is 0.128. The third kappa shape index (κ3) is 4.50. The molecule has 0 amide bonds. The Morgan fingerprint density at radius 1 is 1.17 bits per heavy atom. The summed E-state index contributed by atoms with van der Waals surface area (Å²) in [6.45, 7) is 4.84. The van der Waals surface area contributed by atoms with Crippen molar-refractivity contribution in [2.45, 2.75) is 38.5 Å². The van der Waals surface area contributed by atoms with Gasteiger partial charge in [0.2, 0.25) is 0 Å². The van der Waals surface area contributed by atoms with E-state index in [4.69, 9.17) is 11.6 Å². The average molecular weight is 345 g/mol. The molecule has 3 nitrogen and oxygen atoms in total. The van der Waals surface area contributed by atoms with E-state index in [1.807, 2.05) is 18.2 Å². The quantitative estimate of drug-likeness (QED) is 0.855. The molecule has 0 radical (unpaired) electrons. The number of hydrogen-bond acceptors (Lipinski definition) is 3. The molecule has 3 rings (SSSR count). The topological polar surface area (TPSA) is 35.5 Å². The van der Waals surface area contributed by atoms with Crippen molar-refractivity contribution in [2.75, 3.05) is 18.0 Å².